The number of hydrogen-bond acceptors (Lipinski definition) is 7. The van der Waals surface area contributed by atoms with Crippen LogP contribution in [0.3, 0.4) is 0 Å². The van der Waals surface area contributed by atoms with E-state index in [0.29, 0.717) is 41.6 Å². The zero-order valence-corrected chi connectivity index (χ0v) is 31.5. The van der Waals surface area contributed by atoms with Crippen molar-refractivity contribution in [2.24, 2.45) is 4.40 Å². The van der Waals surface area contributed by atoms with Crippen LogP contribution >= 0.6 is 0 Å². The number of likely N-dealkylation sites (tertiary alicyclic amines) is 1. The monoisotopic (exact) mass is 741 g/mol. The van der Waals surface area contributed by atoms with Gasteiger partial charge in [0.25, 0.3) is 15.9 Å². The highest BCUT2D eigenvalue weighted by atomic mass is 32.2. The van der Waals surface area contributed by atoms with Gasteiger partial charge in [-0.3, -0.25) is 14.6 Å². The van der Waals surface area contributed by atoms with Crippen molar-refractivity contribution in [2.75, 3.05) is 11.9 Å². The molecule has 6 aliphatic rings. The lowest BCUT2D eigenvalue weighted by Crippen LogP contribution is -2.38. The Kier molecular flexibility index (Phi) is 7.57. The van der Waals surface area contributed by atoms with Crippen molar-refractivity contribution in [1.29, 1.82) is 0 Å². The number of amides is 2. The Hall–Kier alpha value is -5.10. The summed E-state index contributed by atoms with van der Waals surface area (Å²) < 4.78 is 28.8. The third-order valence-corrected chi connectivity index (χ3v) is 14.2. The molecule has 1 saturated heterocycles. The Labute approximate surface area is 314 Å². The molecule has 10 rings (SSSR count). The van der Waals surface area contributed by atoms with Gasteiger partial charge in [-0.05, 0) is 134 Å². The van der Waals surface area contributed by atoms with Gasteiger partial charge in [-0.1, -0.05) is 18.2 Å². The first kappa shape index (κ1) is 33.5. The maximum absolute atomic E-state index is 13.7. The SMILES string of the molecule is CC(=O)NC(C(=O)N1CCCC1c1ncc(-c2ccc(-c3cnc(-c4ccc5c(c4)NC=NS5(=O)=O)c4c3C3CCC4C3)c3c2C2CCC3C2)[nH]1)=C(C)C. The highest BCUT2D eigenvalue weighted by Crippen LogP contribution is 2.62. The lowest BCUT2D eigenvalue weighted by atomic mass is 9.79. The number of benzene rings is 2. The molecule has 2 aromatic carbocycles. The zero-order chi connectivity index (χ0) is 37.0. The summed E-state index contributed by atoms with van der Waals surface area (Å²) in [5.41, 5.74) is 13.9. The molecule has 5 atom stereocenters. The number of imidazole rings is 1. The van der Waals surface area contributed by atoms with Crippen LogP contribution in [0.5, 0.6) is 0 Å². The molecule has 2 aliphatic heterocycles. The Morgan fingerprint density at radius 1 is 0.815 bits per heavy atom. The van der Waals surface area contributed by atoms with E-state index in [1.807, 2.05) is 37.1 Å². The Balaban J connectivity index is 1.03. The number of nitrogens with zero attached hydrogens (tertiary/aromatic N) is 4. The van der Waals surface area contributed by atoms with Crippen LogP contribution in [0.25, 0.3) is 33.6 Å². The van der Waals surface area contributed by atoms with Crippen molar-refractivity contribution in [1.82, 2.24) is 25.2 Å². The van der Waals surface area contributed by atoms with Crippen molar-refractivity contribution in [2.45, 2.75) is 107 Å². The molecule has 276 valence electrons. The summed E-state index contributed by atoms with van der Waals surface area (Å²) in [5, 5.41) is 5.79. The number of hydrogen-bond donors (Lipinski definition) is 3. The molecule has 4 bridgehead atoms. The number of aromatic nitrogens is 3. The topological polar surface area (TPSA) is 150 Å². The molecule has 0 spiro atoms. The highest BCUT2D eigenvalue weighted by Gasteiger charge is 2.45. The van der Waals surface area contributed by atoms with Gasteiger partial charge in [0.15, 0.2) is 0 Å². The van der Waals surface area contributed by atoms with E-state index in [4.69, 9.17) is 9.97 Å². The minimum atomic E-state index is -3.71. The number of H-pyrrole nitrogens is 1. The fourth-order valence-corrected chi connectivity index (χ4v) is 11.7. The summed E-state index contributed by atoms with van der Waals surface area (Å²) in [6.07, 6.45) is 13.9. The fourth-order valence-electron chi connectivity index (χ4n) is 10.7. The summed E-state index contributed by atoms with van der Waals surface area (Å²) >= 11 is 0. The van der Waals surface area contributed by atoms with Gasteiger partial charge in [-0.15, -0.1) is 4.40 Å². The van der Waals surface area contributed by atoms with E-state index in [-0.39, 0.29) is 22.8 Å². The van der Waals surface area contributed by atoms with Crippen LogP contribution in [0.2, 0.25) is 0 Å². The minimum Gasteiger partial charge on any atom is -0.345 e. The maximum atomic E-state index is 13.7. The van der Waals surface area contributed by atoms with Gasteiger partial charge in [-0.25, -0.2) is 4.98 Å². The van der Waals surface area contributed by atoms with Crippen molar-refractivity contribution >= 4 is 33.9 Å². The van der Waals surface area contributed by atoms with Crippen LogP contribution in [0.4, 0.5) is 5.69 Å². The summed E-state index contributed by atoms with van der Waals surface area (Å²) in [4.78, 5) is 41.4. The number of aromatic amines is 1. The van der Waals surface area contributed by atoms with Gasteiger partial charge in [0, 0.05) is 36.4 Å². The molecule has 4 aliphatic carbocycles. The van der Waals surface area contributed by atoms with E-state index >= 15 is 0 Å². The summed E-state index contributed by atoms with van der Waals surface area (Å²) in [6, 6.07) is 9.82. The van der Waals surface area contributed by atoms with Crippen molar-refractivity contribution < 1.29 is 18.0 Å². The normalized spacial score (nSPS) is 24.9. The van der Waals surface area contributed by atoms with Crippen LogP contribution in [-0.4, -0.2) is 53.0 Å². The molecule has 3 fully saturated rings. The molecule has 2 amide bonds. The van der Waals surface area contributed by atoms with E-state index in [9.17, 15) is 18.0 Å². The van der Waals surface area contributed by atoms with E-state index in [2.05, 4.69) is 38.3 Å². The summed E-state index contributed by atoms with van der Waals surface area (Å²) in [7, 11) is -3.71. The molecule has 5 unspecified atom stereocenters. The van der Waals surface area contributed by atoms with Gasteiger partial charge in [0.1, 0.15) is 22.8 Å². The average molecular weight is 742 g/mol. The molecule has 54 heavy (non-hydrogen) atoms. The standard InChI is InChI=1S/C42H43N7O4S/c1-21(2)39(47-22(3)50)42(51)49-14-4-5-33(49)41-44-19-32(48-41)29-12-11-28(35-23-6-7-24(15-23)36(29)35)30-18-43-40(38-26-9-8-25(16-26)37(30)38)27-10-13-34-31(17-27)45-20-46-54(34,52)53/h10-13,17-20,23-26,33H,4-9,14-16H2,1-3H3,(H,44,48)(H,45,46)(H,47,50). The number of pyridine rings is 1. The zero-order valence-electron chi connectivity index (χ0n) is 30.7. The summed E-state index contributed by atoms with van der Waals surface area (Å²) in [6.45, 7) is 5.74. The summed E-state index contributed by atoms with van der Waals surface area (Å²) in [5.74, 6) is 2.29. The van der Waals surface area contributed by atoms with Gasteiger partial charge in [0.05, 0.1) is 29.3 Å². The number of carbonyl (C=O) groups is 2. The highest BCUT2D eigenvalue weighted by molar-refractivity contribution is 7.90. The van der Waals surface area contributed by atoms with Gasteiger partial charge in [0.2, 0.25) is 5.91 Å². The molecular formula is C42H43N7O4S. The van der Waals surface area contributed by atoms with Crippen LogP contribution in [0.15, 0.2) is 63.3 Å². The van der Waals surface area contributed by atoms with E-state index in [0.717, 1.165) is 60.5 Å². The third kappa shape index (κ3) is 5.05. The number of rotatable bonds is 6. The lowest BCUT2D eigenvalue weighted by molar-refractivity contribution is -0.130. The van der Waals surface area contributed by atoms with E-state index < -0.39 is 10.0 Å². The Morgan fingerprint density at radius 3 is 2.22 bits per heavy atom. The van der Waals surface area contributed by atoms with Crippen LogP contribution < -0.4 is 10.6 Å². The molecule has 12 heteroatoms. The fraction of sp³-hybridized carbons (Fsp3) is 0.405. The second kappa shape index (κ2) is 12.2. The number of anilines is 1. The largest absolute Gasteiger partial charge is 0.345 e. The number of sulfonamides is 1. The second-order valence-electron chi connectivity index (χ2n) is 16.2. The molecule has 11 nitrogen and oxygen atoms in total. The molecule has 4 heterocycles. The number of nitrogens with one attached hydrogen (secondary N) is 3. The van der Waals surface area contributed by atoms with Crippen molar-refractivity contribution in [3.63, 3.8) is 0 Å². The Morgan fingerprint density at radius 2 is 1.50 bits per heavy atom. The van der Waals surface area contributed by atoms with Gasteiger partial charge >= 0.3 is 0 Å². The van der Waals surface area contributed by atoms with Crippen molar-refractivity contribution in [3.8, 4) is 33.6 Å². The predicted molar refractivity (Wildman–Crippen MR) is 207 cm³/mol. The van der Waals surface area contributed by atoms with Crippen LogP contribution in [0, 0.1) is 0 Å². The number of allylic oxidation sites excluding steroid dienone is 1. The van der Waals surface area contributed by atoms with Gasteiger partial charge < -0.3 is 20.5 Å². The minimum absolute atomic E-state index is 0.167. The maximum Gasteiger partial charge on any atom is 0.285 e. The molecule has 3 N–H and O–H groups in total. The van der Waals surface area contributed by atoms with Crippen LogP contribution in [0.1, 0.15) is 130 Å². The molecule has 4 aromatic rings. The third-order valence-electron chi connectivity index (χ3n) is 12.9. The van der Waals surface area contributed by atoms with Gasteiger partial charge in [-0.2, -0.15) is 8.42 Å². The first-order chi connectivity index (χ1) is 26.1. The molecular weight excluding hydrogens is 699 g/mol. The van der Waals surface area contributed by atoms with E-state index in [1.54, 1.807) is 6.07 Å². The number of fused-ring (bicyclic) bond motifs is 11. The quantitative estimate of drug-likeness (QED) is 0.171. The average Bonchev–Trinajstić information content (AvgIpc) is 4.02. The molecule has 2 saturated carbocycles. The van der Waals surface area contributed by atoms with Crippen molar-refractivity contribution in [3.05, 3.63) is 82.1 Å². The second-order valence-corrected chi connectivity index (χ2v) is 17.8. The van der Waals surface area contributed by atoms with Crippen LogP contribution in [-0.2, 0) is 19.6 Å². The smallest absolute Gasteiger partial charge is 0.285 e. The first-order valence-electron chi connectivity index (χ1n) is 19.3. The molecule has 0 radical (unpaired) electrons. The number of carbonyl (C=O) groups excluding carboxylic acids is 2. The van der Waals surface area contributed by atoms with E-state index in [1.165, 1.54) is 71.5 Å². The predicted octanol–water partition coefficient (Wildman–Crippen LogP) is 7.77. The Bertz CT molecular complexity index is 2480. The molecule has 2 aromatic heterocycles. The lowest BCUT2D eigenvalue weighted by Gasteiger charge is -2.27. The first-order valence-corrected chi connectivity index (χ1v) is 20.7.